The fourth-order valence-electron chi connectivity index (χ4n) is 0.670. The van der Waals surface area contributed by atoms with Crippen LogP contribution in [0.25, 0.3) is 0 Å². The van der Waals surface area contributed by atoms with Gasteiger partial charge in [0.25, 0.3) is 0 Å². The van der Waals surface area contributed by atoms with Crippen molar-refractivity contribution in [2.45, 2.75) is 0 Å². The van der Waals surface area contributed by atoms with Gasteiger partial charge in [0.2, 0.25) is 20.0 Å². The SMILES string of the molecule is CS(=O)(=O)NCCNS(=O)(=O)CCN. The van der Waals surface area contributed by atoms with Crippen molar-refractivity contribution in [2.24, 2.45) is 5.73 Å². The molecule has 0 aliphatic carbocycles. The Balaban J connectivity index is 3.76. The largest absolute Gasteiger partial charge is 0.329 e. The predicted octanol–water partition coefficient (Wildman–Crippen LogP) is -2.59. The summed E-state index contributed by atoms with van der Waals surface area (Å²) in [6, 6.07) is 0. The van der Waals surface area contributed by atoms with E-state index in [0.717, 1.165) is 6.26 Å². The minimum Gasteiger partial charge on any atom is -0.329 e. The third-order valence-electron chi connectivity index (χ3n) is 1.20. The average molecular weight is 245 g/mol. The van der Waals surface area contributed by atoms with E-state index in [1.54, 1.807) is 0 Å². The maximum absolute atomic E-state index is 11.0. The molecule has 0 amide bonds. The number of hydrogen-bond donors (Lipinski definition) is 3. The first-order chi connectivity index (χ1) is 6.27. The van der Waals surface area contributed by atoms with Crippen molar-refractivity contribution in [1.82, 2.24) is 9.44 Å². The van der Waals surface area contributed by atoms with Gasteiger partial charge in [-0.2, -0.15) is 0 Å². The molecule has 86 valence electrons. The molecule has 0 aromatic heterocycles. The quantitative estimate of drug-likeness (QED) is 0.425. The predicted molar refractivity (Wildman–Crippen MR) is 53.7 cm³/mol. The molecule has 9 heteroatoms. The van der Waals surface area contributed by atoms with E-state index in [0.29, 0.717) is 0 Å². The van der Waals surface area contributed by atoms with Crippen LogP contribution in [-0.2, 0) is 20.0 Å². The van der Waals surface area contributed by atoms with Gasteiger partial charge in [-0.3, -0.25) is 0 Å². The van der Waals surface area contributed by atoms with Gasteiger partial charge in [0, 0.05) is 19.6 Å². The second-order valence-electron chi connectivity index (χ2n) is 2.67. The highest BCUT2D eigenvalue weighted by Crippen LogP contribution is 1.80. The zero-order chi connectivity index (χ0) is 11.2. The summed E-state index contributed by atoms with van der Waals surface area (Å²) < 4.78 is 47.5. The normalized spacial score (nSPS) is 13.0. The van der Waals surface area contributed by atoms with Crippen molar-refractivity contribution < 1.29 is 16.8 Å². The maximum Gasteiger partial charge on any atom is 0.212 e. The summed E-state index contributed by atoms with van der Waals surface area (Å²) in [6.45, 7) is 0.0902. The van der Waals surface area contributed by atoms with Crippen molar-refractivity contribution in [3.05, 3.63) is 0 Å². The minimum atomic E-state index is -3.36. The Kier molecular flexibility index (Phi) is 5.52. The third-order valence-corrected chi connectivity index (χ3v) is 3.34. The van der Waals surface area contributed by atoms with Gasteiger partial charge >= 0.3 is 0 Å². The number of nitrogens with one attached hydrogen (secondary N) is 2. The number of rotatable bonds is 7. The molecule has 0 spiro atoms. The first-order valence-corrected chi connectivity index (χ1v) is 7.43. The molecule has 4 N–H and O–H groups in total. The molecule has 0 aromatic carbocycles. The van der Waals surface area contributed by atoms with Gasteiger partial charge < -0.3 is 5.73 Å². The molecular formula is C5H15N3O4S2. The van der Waals surface area contributed by atoms with E-state index >= 15 is 0 Å². The summed E-state index contributed by atoms with van der Waals surface area (Å²) in [4.78, 5) is 0. The summed E-state index contributed by atoms with van der Waals surface area (Å²) in [6.07, 6.45) is 1.00. The zero-order valence-corrected chi connectivity index (χ0v) is 9.49. The average Bonchev–Trinajstić information content (AvgIpc) is 1.96. The monoisotopic (exact) mass is 245 g/mol. The smallest absolute Gasteiger partial charge is 0.212 e. The van der Waals surface area contributed by atoms with Crippen LogP contribution >= 0.6 is 0 Å². The highest BCUT2D eigenvalue weighted by molar-refractivity contribution is 7.89. The van der Waals surface area contributed by atoms with Crippen LogP contribution in [0.15, 0.2) is 0 Å². The fourth-order valence-corrected chi connectivity index (χ4v) is 2.01. The Morgan fingerprint density at radius 3 is 2.00 bits per heavy atom. The van der Waals surface area contributed by atoms with Crippen LogP contribution in [0.1, 0.15) is 0 Å². The Morgan fingerprint density at radius 1 is 1.07 bits per heavy atom. The van der Waals surface area contributed by atoms with Crippen LogP contribution in [0, 0.1) is 0 Å². The van der Waals surface area contributed by atoms with E-state index in [2.05, 4.69) is 9.44 Å². The Hall–Kier alpha value is -0.220. The van der Waals surface area contributed by atoms with Crippen LogP contribution in [0.3, 0.4) is 0 Å². The summed E-state index contributed by atoms with van der Waals surface area (Å²) in [7, 11) is -6.62. The van der Waals surface area contributed by atoms with E-state index in [1.807, 2.05) is 0 Å². The third kappa shape index (κ3) is 8.38. The summed E-state index contributed by atoms with van der Waals surface area (Å²) in [5.41, 5.74) is 5.06. The molecule has 0 rings (SSSR count). The van der Waals surface area contributed by atoms with Crippen molar-refractivity contribution in [3.63, 3.8) is 0 Å². The highest BCUT2D eigenvalue weighted by Gasteiger charge is 2.07. The molecule has 0 saturated carbocycles. The second-order valence-corrected chi connectivity index (χ2v) is 6.43. The molecule has 0 aliphatic heterocycles. The van der Waals surface area contributed by atoms with Crippen molar-refractivity contribution in [3.8, 4) is 0 Å². The van der Waals surface area contributed by atoms with Crippen LogP contribution in [0.2, 0.25) is 0 Å². The van der Waals surface area contributed by atoms with Gasteiger partial charge in [0.05, 0.1) is 12.0 Å². The molecule has 0 radical (unpaired) electrons. The molecule has 0 aliphatic rings. The molecule has 0 atom stereocenters. The van der Waals surface area contributed by atoms with Gasteiger partial charge in [-0.1, -0.05) is 0 Å². The lowest BCUT2D eigenvalue weighted by Crippen LogP contribution is -2.36. The second kappa shape index (κ2) is 5.61. The van der Waals surface area contributed by atoms with Crippen molar-refractivity contribution in [1.29, 1.82) is 0 Å². The van der Waals surface area contributed by atoms with E-state index in [1.165, 1.54) is 0 Å². The topological polar surface area (TPSA) is 118 Å². The first kappa shape index (κ1) is 13.8. The van der Waals surface area contributed by atoms with Crippen LogP contribution < -0.4 is 15.2 Å². The highest BCUT2D eigenvalue weighted by atomic mass is 32.2. The lowest BCUT2D eigenvalue weighted by Gasteiger charge is -2.05. The van der Waals surface area contributed by atoms with Crippen LogP contribution in [-0.4, -0.2) is 48.5 Å². The maximum atomic E-state index is 11.0. The van der Waals surface area contributed by atoms with E-state index in [4.69, 9.17) is 5.73 Å². The lowest BCUT2D eigenvalue weighted by atomic mass is 10.7. The molecule has 0 unspecified atom stereocenters. The summed E-state index contributed by atoms with van der Waals surface area (Å²) in [5.74, 6) is -0.161. The molecule has 0 fully saturated rings. The summed E-state index contributed by atoms with van der Waals surface area (Å²) in [5, 5.41) is 0. The molecule has 0 aromatic rings. The number of nitrogens with two attached hydrogens (primary N) is 1. The van der Waals surface area contributed by atoms with E-state index in [9.17, 15) is 16.8 Å². The fraction of sp³-hybridized carbons (Fsp3) is 1.00. The van der Waals surface area contributed by atoms with Crippen molar-refractivity contribution in [2.75, 3.05) is 31.6 Å². The molecule has 7 nitrogen and oxygen atoms in total. The summed E-state index contributed by atoms with van der Waals surface area (Å²) >= 11 is 0. The minimum absolute atomic E-state index is 0.0232. The number of sulfonamides is 2. The Bertz CT molecular complexity index is 347. The molecule has 14 heavy (non-hydrogen) atoms. The Morgan fingerprint density at radius 2 is 1.57 bits per heavy atom. The zero-order valence-electron chi connectivity index (χ0n) is 7.86. The van der Waals surface area contributed by atoms with Crippen LogP contribution in [0.4, 0.5) is 0 Å². The Labute approximate surface area is 84.2 Å². The molecule has 0 heterocycles. The van der Waals surface area contributed by atoms with Gasteiger partial charge in [0.1, 0.15) is 0 Å². The van der Waals surface area contributed by atoms with Gasteiger partial charge in [-0.05, 0) is 0 Å². The van der Waals surface area contributed by atoms with Gasteiger partial charge in [-0.15, -0.1) is 0 Å². The number of hydrogen-bond acceptors (Lipinski definition) is 5. The standard InChI is InChI=1S/C5H15N3O4S2/c1-13(9,10)7-3-4-8-14(11,12)5-2-6/h7-8H,2-6H2,1H3. The van der Waals surface area contributed by atoms with E-state index in [-0.39, 0.29) is 25.4 Å². The molecule has 0 saturated heterocycles. The van der Waals surface area contributed by atoms with E-state index < -0.39 is 20.0 Å². The lowest BCUT2D eigenvalue weighted by molar-refractivity contribution is 0.573. The first-order valence-electron chi connectivity index (χ1n) is 3.89. The molecular weight excluding hydrogens is 230 g/mol. The van der Waals surface area contributed by atoms with Gasteiger partial charge in [0.15, 0.2) is 0 Å². The van der Waals surface area contributed by atoms with Crippen molar-refractivity contribution >= 4 is 20.0 Å². The molecule has 0 bridgehead atoms. The van der Waals surface area contributed by atoms with Crippen LogP contribution in [0.5, 0.6) is 0 Å². The van der Waals surface area contributed by atoms with Gasteiger partial charge in [-0.25, -0.2) is 26.3 Å².